The van der Waals surface area contributed by atoms with E-state index in [1.54, 1.807) is 6.33 Å². The Morgan fingerprint density at radius 2 is 1.81 bits per heavy atom. The lowest BCUT2D eigenvalue weighted by Gasteiger charge is -2.00. The van der Waals surface area contributed by atoms with Crippen LogP contribution < -0.4 is 0 Å². The molecule has 0 unspecified atom stereocenters. The third-order valence-electron chi connectivity index (χ3n) is 2.95. The van der Waals surface area contributed by atoms with E-state index in [0.29, 0.717) is 0 Å². The van der Waals surface area contributed by atoms with Gasteiger partial charge in [-0.3, -0.25) is 0 Å². The van der Waals surface area contributed by atoms with Gasteiger partial charge in [0, 0.05) is 18.0 Å². The van der Waals surface area contributed by atoms with Crippen LogP contribution >= 0.6 is 0 Å². The molecule has 0 bridgehead atoms. The van der Waals surface area contributed by atoms with E-state index < -0.39 is 0 Å². The first-order valence-electron chi connectivity index (χ1n) is 5.47. The number of allylic oxidation sites excluding steroid dienone is 1. The molecule has 0 N–H and O–H groups in total. The fourth-order valence-electron chi connectivity index (χ4n) is 2.19. The normalized spacial score (nSPS) is 16.4. The van der Waals surface area contributed by atoms with E-state index in [4.69, 9.17) is 0 Å². The summed E-state index contributed by atoms with van der Waals surface area (Å²) in [6.45, 7) is 0. The Balaban J connectivity index is 2.02. The molecule has 0 atom stereocenters. The minimum atomic E-state index is 1.08. The minimum absolute atomic E-state index is 1.08. The maximum atomic E-state index is 4.03. The number of benzene rings is 1. The molecule has 0 radical (unpaired) electrons. The number of nitrogens with zero attached hydrogens (tertiary/aromatic N) is 2. The molecule has 16 heavy (non-hydrogen) atoms. The van der Waals surface area contributed by atoms with Crippen LogP contribution in [0.3, 0.4) is 0 Å². The zero-order valence-corrected chi connectivity index (χ0v) is 8.93. The highest BCUT2D eigenvalue weighted by molar-refractivity contribution is 5.84. The van der Waals surface area contributed by atoms with E-state index in [9.17, 15) is 0 Å². The lowest BCUT2D eigenvalue weighted by atomic mass is 10.1. The Morgan fingerprint density at radius 1 is 1.00 bits per heavy atom. The lowest BCUT2D eigenvalue weighted by molar-refractivity contribution is 1.08. The zero-order chi connectivity index (χ0) is 10.8. The van der Waals surface area contributed by atoms with Crippen molar-refractivity contribution in [2.45, 2.75) is 12.8 Å². The van der Waals surface area contributed by atoms with Gasteiger partial charge in [0.1, 0.15) is 6.33 Å². The highest BCUT2D eigenvalue weighted by Crippen LogP contribution is 2.32. The van der Waals surface area contributed by atoms with Crippen LogP contribution in [0, 0.1) is 0 Å². The quantitative estimate of drug-likeness (QED) is 0.720. The van der Waals surface area contributed by atoms with Gasteiger partial charge in [-0.25, -0.2) is 9.97 Å². The first-order chi connectivity index (χ1) is 7.93. The molecule has 2 heteroatoms. The van der Waals surface area contributed by atoms with Gasteiger partial charge in [-0.1, -0.05) is 24.3 Å². The molecule has 0 spiro atoms. The van der Waals surface area contributed by atoms with Crippen LogP contribution in [0.15, 0.2) is 43.0 Å². The molecular formula is C14H12N2. The molecule has 78 valence electrons. The molecule has 0 aliphatic heterocycles. The van der Waals surface area contributed by atoms with Crippen molar-refractivity contribution >= 4 is 11.6 Å². The topological polar surface area (TPSA) is 25.8 Å². The van der Waals surface area contributed by atoms with E-state index in [2.05, 4.69) is 40.3 Å². The lowest BCUT2D eigenvalue weighted by Crippen LogP contribution is -1.82. The summed E-state index contributed by atoms with van der Waals surface area (Å²) >= 11 is 0. The van der Waals surface area contributed by atoms with Crippen molar-refractivity contribution in [2.24, 2.45) is 0 Å². The number of hydrogen-bond acceptors (Lipinski definition) is 2. The van der Waals surface area contributed by atoms with Crippen LogP contribution in [0.2, 0.25) is 0 Å². The van der Waals surface area contributed by atoms with Crippen LogP contribution in [0.1, 0.15) is 23.1 Å². The molecular weight excluding hydrogens is 196 g/mol. The van der Waals surface area contributed by atoms with E-state index in [-0.39, 0.29) is 0 Å². The Labute approximate surface area is 94.7 Å². The monoisotopic (exact) mass is 208 g/mol. The second-order valence-corrected chi connectivity index (χ2v) is 4.00. The van der Waals surface area contributed by atoms with Crippen LogP contribution in [0.25, 0.3) is 11.6 Å². The van der Waals surface area contributed by atoms with Crippen molar-refractivity contribution in [1.82, 2.24) is 9.97 Å². The third kappa shape index (κ3) is 1.63. The van der Waals surface area contributed by atoms with Gasteiger partial charge < -0.3 is 0 Å². The van der Waals surface area contributed by atoms with Gasteiger partial charge >= 0.3 is 0 Å². The summed E-state index contributed by atoms with van der Waals surface area (Å²) in [4.78, 5) is 8.05. The van der Waals surface area contributed by atoms with Gasteiger partial charge in [0.25, 0.3) is 0 Å². The zero-order valence-electron chi connectivity index (χ0n) is 8.93. The summed E-state index contributed by atoms with van der Waals surface area (Å²) in [6.07, 6.45) is 9.71. The highest BCUT2D eigenvalue weighted by Gasteiger charge is 2.14. The van der Waals surface area contributed by atoms with Crippen molar-refractivity contribution in [3.8, 4) is 0 Å². The summed E-state index contributed by atoms with van der Waals surface area (Å²) in [7, 11) is 0. The van der Waals surface area contributed by atoms with Gasteiger partial charge in [-0.05, 0) is 35.6 Å². The Bertz CT molecular complexity index is 529. The molecule has 1 aliphatic carbocycles. The second kappa shape index (κ2) is 3.89. The van der Waals surface area contributed by atoms with Crippen LogP contribution in [-0.2, 0) is 6.42 Å². The predicted molar refractivity (Wildman–Crippen MR) is 64.7 cm³/mol. The Hall–Kier alpha value is -1.96. The smallest absolute Gasteiger partial charge is 0.115 e. The number of rotatable bonds is 1. The molecule has 1 heterocycles. The largest absolute Gasteiger partial charge is 0.244 e. The van der Waals surface area contributed by atoms with Crippen molar-refractivity contribution < 1.29 is 0 Å². The van der Waals surface area contributed by atoms with Crippen molar-refractivity contribution in [3.05, 3.63) is 59.7 Å². The fourth-order valence-corrected chi connectivity index (χ4v) is 2.19. The molecule has 2 aromatic rings. The fraction of sp³-hybridized carbons (Fsp3) is 0.143. The Kier molecular flexibility index (Phi) is 2.26. The number of fused-ring (bicyclic) bond motifs is 1. The average Bonchev–Trinajstić information content (AvgIpc) is 2.74. The average molecular weight is 208 g/mol. The maximum absolute atomic E-state index is 4.03. The SMILES string of the molecule is C(=C1/CCc2ccccc21)/c1cncnc1. The summed E-state index contributed by atoms with van der Waals surface area (Å²) in [5.41, 5.74) is 5.30. The second-order valence-electron chi connectivity index (χ2n) is 4.00. The van der Waals surface area contributed by atoms with Crippen molar-refractivity contribution in [2.75, 3.05) is 0 Å². The molecule has 3 rings (SSSR count). The molecule has 0 fully saturated rings. The molecule has 0 amide bonds. The number of aromatic nitrogens is 2. The summed E-state index contributed by atoms with van der Waals surface area (Å²) in [6, 6.07) is 8.60. The molecule has 1 aromatic heterocycles. The molecule has 0 saturated carbocycles. The summed E-state index contributed by atoms with van der Waals surface area (Å²) < 4.78 is 0. The van der Waals surface area contributed by atoms with Crippen molar-refractivity contribution in [3.63, 3.8) is 0 Å². The first kappa shape index (κ1) is 9.28. The van der Waals surface area contributed by atoms with Gasteiger partial charge in [0.15, 0.2) is 0 Å². The molecule has 2 nitrogen and oxygen atoms in total. The van der Waals surface area contributed by atoms with Crippen LogP contribution in [0.4, 0.5) is 0 Å². The van der Waals surface area contributed by atoms with Crippen molar-refractivity contribution in [1.29, 1.82) is 0 Å². The predicted octanol–water partition coefficient (Wildman–Crippen LogP) is 2.96. The Morgan fingerprint density at radius 3 is 2.69 bits per heavy atom. The van der Waals surface area contributed by atoms with E-state index >= 15 is 0 Å². The van der Waals surface area contributed by atoms with Gasteiger partial charge in [0.2, 0.25) is 0 Å². The standard InChI is InChI=1S/C14H12N2/c1-2-4-14-12(3-1)5-6-13(14)7-11-8-15-10-16-9-11/h1-4,7-10H,5-6H2/b13-7+. The summed E-state index contributed by atoms with van der Waals surface area (Å²) in [5.74, 6) is 0. The van der Waals surface area contributed by atoms with E-state index in [1.807, 2.05) is 12.4 Å². The molecule has 1 aromatic carbocycles. The van der Waals surface area contributed by atoms with Gasteiger partial charge in [-0.15, -0.1) is 0 Å². The number of aryl methyl sites for hydroxylation is 1. The van der Waals surface area contributed by atoms with Gasteiger partial charge in [0.05, 0.1) is 0 Å². The minimum Gasteiger partial charge on any atom is -0.244 e. The first-order valence-corrected chi connectivity index (χ1v) is 5.47. The van der Waals surface area contributed by atoms with Gasteiger partial charge in [-0.2, -0.15) is 0 Å². The van der Waals surface area contributed by atoms with E-state index in [0.717, 1.165) is 18.4 Å². The molecule has 1 aliphatic rings. The summed E-state index contributed by atoms with van der Waals surface area (Å²) in [5, 5.41) is 0. The number of hydrogen-bond donors (Lipinski definition) is 0. The van der Waals surface area contributed by atoms with Crippen LogP contribution in [0.5, 0.6) is 0 Å². The van der Waals surface area contributed by atoms with E-state index in [1.165, 1.54) is 16.7 Å². The van der Waals surface area contributed by atoms with Crippen LogP contribution in [-0.4, -0.2) is 9.97 Å². The highest BCUT2D eigenvalue weighted by atomic mass is 14.8. The third-order valence-corrected chi connectivity index (χ3v) is 2.95. The maximum Gasteiger partial charge on any atom is 0.115 e. The molecule has 0 saturated heterocycles.